The lowest BCUT2D eigenvalue weighted by molar-refractivity contribution is -0.117. The summed E-state index contributed by atoms with van der Waals surface area (Å²) in [6.07, 6.45) is 2.03. The minimum Gasteiger partial charge on any atom is -0.312 e. The van der Waals surface area contributed by atoms with Crippen LogP contribution in [0, 0.1) is 5.92 Å². The van der Waals surface area contributed by atoms with Crippen LogP contribution in [-0.4, -0.2) is 30.8 Å². The highest BCUT2D eigenvalue weighted by Gasteiger charge is 2.30. The Morgan fingerprint density at radius 2 is 1.90 bits per heavy atom. The number of amides is 2. The van der Waals surface area contributed by atoms with Crippen LogP contribution < -0.4 is 9.80 Å². The Labute approximate surface area is 123 Å². The van der Waals surface area contributed by atoms with E-state index in [0.29, 0.717) is 25.3 Å². The van der Waals surface area contributed by atoms with Crippen molar-refractivity contribution in [1.82, 2.24) is 0 Å². The second-order valence-electron chi connectivity index (χ2n) is 5.40. The molecule has 2 amide bonds. The smallest absolute Gasteiger partial charge is 0.227 e. The Hall–Kier alpha value is -1.55. The summed E-state index contributed by atoms with van der Waals surface area (Å²) in [4.78, 5) is 27.4. The van der Waals surface area contributed by atoms with Crippen LogP contribution in [0.3, 0.4) is 0 Å². The minimum atomic E-state index is 0.112. The molecule has 1 aromatic carbocycles. The van der Waals surface area contributed by atoms with Gasteiger partial charge < -0.3 is 9.80 Å². The molecule has 1 aromatic rings. The number of hydrogen-bond acceptors (Lipinski definition) is 2. The Morgan fingerprint density at radius 3 is 2.50 bits per heavy atom. The van der Waals surface area contributed by atoms with Crippen LogP contribution in [0.4, 0.5) is 11.4 Å². The van der Waals surface area contributed by atoms with Gasteiger partial charge in [0.05, 0.1) is 0 Å². The molecule has 106 valence electrons. The van der Waals surface area contributed by atoms with Gasteiger partial charge in [0, 0.05) is 43.2 Å². The van der Waals surface area contributed by atoms with E-state index in [1.54, 1.807) is 9.80 Å². The molecule has 0 saturated carbocycles. The fourth-order valence-electron chi connectivity index (χ4n) is 2.88. The van der Waals surface area contributed by atoms with Gasteiger partial charge in [-0.05, 0) is 30.5 Å². The first-order valence-corrected chi connectivity index (χ1v) is 7.49. The van der Waals surface area contributed by atoms with Gasteiger partial charge in [-0.15, -0.1) is 11.6 Å². The van der Waals surface area contributed by atoms with Crippen molar-refractivity contribution < 1.29 is 9.59 Å². The van der Waals surface area contributed by atoms with Gasteiger partial charge in [0.15, 0.2) is 0 Å². The zero-order valence-corrected chi connectivity index (χ0v) is 12.0. The van der Waals surface area contributed by atoms with Crippen LogP contribution in [0.5, 0.6) is 0 Å². The summed E-state index contributed by atoms with van der Waals surface area (Å²) in [5.41, 5.74) is 1.74. The molecule has 0 radical (unpaired) electrons. The Bertz CT molecular complexity index is 546. The van der Waals surface area contributed by atoms with Gasteiger partial charge in [-0.3, -0.25) is 9.59 Å². The van der Waals surface area contributed by atoms with Gasteiger partial charge in [0.25, 0.3) is 0 Å². The highest BCUT2D eigenvalue weighted by atomic mass is 35.5. The SMILES string of the molecule is O=C1CCCN1c1cccc(N2CC(CCl)CC2=O)c1. The standard InChI is InChI=1S/C15H17ClN2O2/c16-9-11-7-15(20)18(10-11)13-4-1-3-12(8-13)17-6-2-5-14(17)19/h1,3-4,8,11H,2,5-7,9-10H2. The van der Waals surface area contributed by atoms with Crippen molar-refractivity contribution in [1.29, 1.82) is 0 Å². The van der Waals surface area contributed by atoms with Crippen molar-refractivity contribution in [2.24, 2.45) is 5.92 Å². The molecule has 2 fully saturated rings. The van der Waals surface area contributed by atoms with Gasteiger partial charge in [-0.25, -0.2) is 0 Å². The number of halogens is 1. The van der Waals surface area contributed by atoms with Crippen molar-refractivity contribution in [3.05, 3.63) is 24.3 Å². The first-order valence-electron chi connectivity index (χ1n) is 6.96. The summed E-state index contributed by atoms with van der Waals surface area (Å²) >= 11 is 5.85. The largest absolute Gasteiger partial charge is 0.312 e. The van der Waals surface area contributed by atoms with Gasteiger partial charge in [0.1, 0.15) is 0 Å². The molecule has 1 unspecified atom stereocenters. The van der Waals surface area contributed by atoms with E-state index >= 15 is 0 Å². The highest BCUT2D eigenvalue weighted by Crippen LogP contribution is 2.30. The van der Waals surface area contributed by atoms with Crippen molar-refractivity contribution in [2.75, 3.05) is 28.8 Å². The molecule has 0 aromatic heterocycles. The Kier molecular flexibility index (Phi) is 3.66. The molecule has 20 heavy (non-hydrogen) atoms. The number of rotatable bonds is 3. The second-order valence-corrected chi connectivity index (χ2v) is 5.71. The number of nitrogens with zero attached hydrogens (tertiary/aromatic N) is 2. The maximum atomic E-state index is 12.0. The first kappa shape index (κ1) is 13.4. The lowest BCUT2D eigenvalue weighted by Gasteiger charge is -2.21. The molecule has 2 aliphatic heterocycles. The maximum absolute atomic E-state index is 12.0. The van der Waals surface area contributed by atoms with Crippen LogP contribution in [0.1, 0.15) is 19.3 Å². The van der Waals surface area contributed by atoms with Crippen molar-refractivity contribution in [3.63, 3.8) is 0 Å². The van der Waals surface area contributed by atoms with Crippen molar-refractivity contribution >= 4 is 34.8 Å². The summed E-state index contributed by atoms with van der Waals surface area (Å²) < 4.78 is 0. The molecule has 0 aliphatic carbocycles. The normalized spacial score (nSPS) is 22.9. The number of benzene rings is 1. The molecule has 0 spiro atoms. The molecule has 4 nitrogen and oxygen atoms in total. The molecular formula is C15H17ClN2O2. The van der Waals surface area contributed by atoms with E-state index in [2.05, 4.69) is 0 Å². The van der Waals surface area contributed by atoms with Gasteiger partial charge >= 0.3 is 0 Å². The fourth-order valence-corrected chi connectivity index (χ4v) is 3.09. The first-order chi connectivity index (χ1) is 9.69. The van der Waals surface area contributed by atoms with E-state index in [-0.39, 0.29) is 17.7 Å². The number of anilines is 2. The monoisotopic (exact) mass is 292 g/mol. The van der Waals surface area contributed by atoms with Crippen LogP contribution in [0.15, 0.2) is 24.3 Å². The molecule has 5 heteroatoms. The van der Waals surface area contributed by atoms with E-state index < -0.39 is 0 Å². The molecule has 0 N–H and O–H groups in total. The van der Waals surface area contributed by atoms with Gasteiger partial charge in [-0.2, -0.15) is 0 Å². The maximum Gasteiger partial charge on any atom is 0.227 e. The highest BCUT2D eigenvalue weighted by molar-refractivity contribution is 6.18. The molecular weight excluding hydrogens is 276 g/mol. The zero-order valence-electron chi connectivity index (χ0n) is 11.2. The topological polar surface area (TPSA) is 40.6 Å². The third-order valence-electron chi connectivity index (χ3n) is 3.95. The van der Waals surface area contributed by atoms with Crippen molar-refractivity contribution in [2.45, 2.75) is 19.3 Å². The number of hydrogen-bond donors (Lipinski definition) is 0. The number of alkyl halides is 1. The van der Waals surface area contributed by atoms with Crippen LogP contribution in [-0.2, 0) is 9.59 Å². The number of carbonyl (C=O) groups is 2. The van der Waals surface area contributed by atoms with Gasteiger partial charge in [-0.1, -0.05) is 6.07 Å². The van der Waals surface area contributed by atoms with E-state index in [9.17, 15) is 9.59 Å². The third kappa shape index (κ3) is 2.40. The summed E-state index contributed by atoms with van der Waals surface area (Å²) in [5.74, 6) is 1.00. The Morgan fingerprint density at radius 1 is 1.15 bits per heavy atom. The summed E-state index contributed by atoms with van der Waals surface area (Å²) in [5, 5.41) is 0. The van der Waals surface area contributed by atoms with E-state index in [1.165, 1.54) is 0 Å². The Balaban J connectivity index is 1.84. The molecule has 2 heterocycles. The van der Waals surface area contributed by atoms with Crippen LogP contribution in [0.25, 0.3) is 0 Å². The van der Waals surface area contributed by atoms with E-state index in [4.69, 9.17) is 11.6 Å². The zero-order chi connectivity index (χ0) is 14.1. The molecule has 0 bridgehead atoms. The lowest BCUT2D eigenvalue weighted by atomic mass is 10.1. The van der Waals surface area contributed by atoms with E-state index in [0.717, 1.165) is 24.3 Å². The van der Waals surface area contributed by atoms with E-state index in [1.807, 2.05) is 24.3 Å². The quantitative estimate of drug-likeness (QED) is 0.803. The van der Waals surface area contributed by atoms with Crippen molar-refractivity contribution in [3.8, 4) is 0 Å². The minimum absolute atomic E-state index is 0.112. The molecule has 2 aliphatic rings. The summed E-state index contributed by atoms with van der Waals surface area (Å²) in [6, 6.07) is 7.67. The number of carbonyl (C=O) groups excluding carboxylic acids is 2. The average molecular weight is 293 g/mol. The average Bonchev–Trinajstić information content (AvgIpc) is 3.05. The fraction of sp³-hybridized carbons (Fsp3) is 0.467. The molecule has 3 rings (SSSR count). The predicted molar refractivity (Wildman–Crippen MR) is 79.2 cm³/mol. The second kappa shape index (κ2) is 5.44. The third-order valence-corrected chi connectivity index (χ3v) is 4.39. The summed E-state index contributed by atoms with van der Waals surface area (Å²) in [6.45, 7) is 1.43. The summed E-state index contributed by atoms with van der Waals surface area (Å²) in [7, 11) is 0. The lowest BCUT2D eigenvalue weighted by Crippen LogP contribution is -2.26. The van der Waals surface area contributed by atoms with Crippen LogP contribution in [0.2, 0.25) is 0 Å². The van der Waals surface area contributed by atoms with Gasteiger partial charge in [0.2, 0.25) is 11.8 Å². The van der Waals surface area contributed by atoms with Crippen LogP contribution >= 0.6 is 11.6 Å². The molecule has 1 atom stereocenters. The molecule has 2 saturated heterocycles. The predicted octanol–water partition coefficient (Wildman–Crippen LogP) is 2.41.